The highest BCUT2D eigenvalue weighted by molar-refractivity contribution is 5.82. The van der Waals surface area contributed by atoms with Gasteiger partial charge >= 0.3 is 0 Å². The van der Waals surface area contributed by atoms with Gasteiger partial charge in [0.15, 0.2) is 23.2 Å². The van der Waals surface area contributed by atoms with Crippen molar-refractivity contribution in [2.75, 3.05) is 11.9 Å². The minimum atomic E-state index is -1.29. The first-order valence-electron chi connectivity index (χ1n) is 8.47. The minimum Gasteiger partial charge on any atom is -0.394 e. The lowest BCUT2D eigenvalue weighted by atomic mass is 10.1. The van der Waals surface area contributed by atoms with Crippen molar-refractivity contribution in [3.63, 3.8) is 0 Å². The van der Waals surface area contributed by atoms with E-state index in [1.807, 2.05) is 0 Å². The van der Waals surface area contributed by atoms with Crippen LogP contribution in [0.4, 0.5) is 14.6 Å². The third kappa shape index (κ3) is 3.18. The summed E-state index contributed by atoms with van der Waals surface area (Å²) < 4.78 is 34.0. The van der Waals surface area contributed by atoms with E-state index in [-0.39, 0.29) is 17.9 Å². The molecule has 148 valence electrons. The lowest BCUT2D eigenvalue weighted by Crippen LogP contribution is -2.33. The Hall–Kier alpha value is -2.73. The molecule has 4 atom stereocenters. The molecule has 0 spiro atoms. The average Bonchev–Trinajstić information content (AvgIpc) is 3.24. The fourth-order valence-corrected chi connectivity index (χ4v) is 3.14. The Balaban J connectivity index is 1.61. The van der Waals surface area contributed by atoms with Crippen molar-refractivity contribution >= 4 is 17.0 Å². The van der Waals surface area contributed by atoms with Gasteiger partial charge in [-0.2, -0.15) is 0 Å². The van der Waals surface area contributed by atoms with Gasteiger partial charge in [-0.15, -0.1) is 0 Å². The topological polar surface area (TPSA) is 126 Å². The zero-order valence-electron chi connectivity index (χ0n) is 14.4. The quantitative estimate of drug-likeness (QED) is 0.489. The molecule has 1 aliphatic rings. The number of hydrogen-bond donors (Lipinski definition) is 4. The van der Waals surface area contributed by atoms with Crippen molar-refractivity contribution in [2.45, 2.75) is 31.1 Å². The molecule has 0 bridgehead atoms. The van der Waals surface area contributed by atoms with Crippen LogP contribution in [0.2, 0.25) is 0 Å². The van der Waals surface area contributed by atoms with Crippen LogP contribution in [-0.2, 0) is 11.3 Å². The van der Waals surface area contributed by atoms with Gasteiger partial charge < -0.3 is 25.4 Å². The van der Waals surface area contributed by atoms with E-state index >= 15 is 0 Å². The number of fused-ring (bicyclic) bond motifs is 1. The summed E-state index contributed by atoms with van der Waals surface area (Å²) in [5, 5.41) is 32.3. The second kappa shape index (κ2) is 7.36. The molecule has 1 unspecified atom stereocenters. The number of anilines is 1. The number of ether oxygens (including phenoxy) is 1. The van der Waals surface area contributed by atoms with Crippen LogP contribution >= 0.6 is 0 Å². The second-order valence-electron chi connectivity index (χ2n) is 6.36. The monoisotopic (exact) mass is 393 g/mol. The fraction of sp³-hybridized carbons (Fsp3) is 0.353. The highest BCUT2D eigenvalue weighted by Gasteiger charge is 2.44. The molecule has 3 aromatic rings. The third-order valence-electron chi connectivity index (χ3n) is 4.60. The normalized spacial score (nSPS) is 24.8. The molecule has 4 N–H and O–H groups in total. The number of aliphatic hydroxyl groups is 3. The Morgan fingerprint density at radius 2 is 1.96 bits per heavy atom. The molecule has 1 aliphatic heterocycles. The van der Waals surface area contributed by atoms with Crippen LogP contribution in [0.5, 0.6) is 0 Å². The van der Waals surface area contributed by atoms with E-state index in [0.29, 0.717) is 11.2 Å². The molecule has 0 aliphatic carbocycles. The van der Waals surface area contributed by atoms with Gasteiger partial charge in [0.2, 0.25) is 0 Å². The van der Waals surface area contributed by atoms with E-state index in [2.05, 4.69) is 20.3 Å². The summed E-state index contributed by atoms with van der Waals surface area (Å²) in [5.41, 5.74) is 0.735. The number of aromatic nitrogens is 4. The average molecular weight is 393 g/mol. The molecule has 4 rings (SSSR count). The molecule has 11 heteroatoms. The largest absolute Gasteiger partial charge is 0.394 e. The Bertz CT molecular complexity index is 1000. The number of rotatable bonds is 5. The smallest absolute Gasteiger partial charge is 0.167 e. The van der Waals surface area contributed by atoms with Crippen LogP contribution < -0.4 is 5.32 Å². The molecule has 1 fully saturated rings. The van der Waals surface area contributed by atoms with Crippen molar-refractivity contribution < 1.29 is 28.8 Å². The summed E-state index contributed by atoms with van der Waals surface area (Å²) in [7, 11) is 0. The van der Waals surface area contributed by atoms with E-state index in [9.17, 15) is 24.1 Å². The zero-order chi connectivity index (χ0) is 19.8. The molecule has 28 heavy (non-hydrogen) atoms. The van der Waals surface area contributed by atoms with Crippen LogP contribution in [0.1, 0.15) is 11.8 Å². The Kier molecular flexibility index (Phi) is 4.89. The molecule has 9 nitrogen and oxygen atoms in total. The molecule has 3 heterocycles. The Morgan fingerprint density at radius 1 is 1.14 bits per heavy atom. The number of nitrogens with one attached hydrogen (secondary N) is 1. The van der Waals surface area contributed by atoms with E-state index in [4.69, 9.17) is 4.74 Å². The van der Waals surface area contributed by atoms with Crippen LogP contribution in [0.25, 0.3) is 11.2 Å². The summed E-state index contributed by atoms with van der Waals surface area (Å²) in [6.07, 6.45) is -1.89. The molecule has 0 radical (unpaired) electrons. The Morgan fingerprint density at radius 3 is 2.71 bits per heavy atom. The van der Waals surface area contributed by atoms with Gasteiger partial charge in [-0.3, -0.25) is 4.57 Å². The number of nitrogens with zero attached hydrogens (tertiary/aromatic N) is 4. The molecular weight excluding hydrogens is 376 g/mol. The lowest BCUT2D eigenvalue weighted by molar-refractivity contribution is -0.0511. The van der Waals surface area contributed by atoms with Gasteiger partial charge in [-0.25, -0.2) is 23.7 Å². The van der Waals surface area contributed by atoms with Gasteiger partial charge in [0, 0.05) is 12.1 Å². The van der Waals surface area contributed by atoms with Crippen LogP contribution in [0.3, 0.4) is 0 Å². The van der Waals surface area contributed by atoms with Crippen LogP contribution in [0, 0.1) is 11.6 Å². The van der Waals surface area contributed by atoms with E-state index in [0.717, 1.165) is 18.2 Å². The SMILES string of the molecule is OC[C@H]1OC(n2cnc3c(NCc4cc(F)ccc4F)ncnc32)[C@H](O)[C@@H]1O. The molecule has 2 aromatic heterocycles. The second-order valence-corrected chi connectivity index (χ2v) is 6.36. The molecule has 1 aromatic carbocycles. The summed E-state index contributed by atoms with van der Waals surface area (Å²) in [4.78, 5) is 12.4. The standard InChI is InChI=1S/C17H17F2N5O4/c18-9-1-2-10(19)8(3-9)4-20-15-12-16(22-6-21-15)24(7-23-12)17-14(27)13(26)11(5-25)28-17/h1-3,6-7,11,13-14,17,25-27H,4-5H2,(H,20,21,22)/t11-,13-,14-,17?/m1/s1. The molecule has 1 saturated heterocycles. The minimum absolute atomic E-state index is 0.0313. The predicted octanol–water partition coefficient (Wildman–Crippen LogP) is 0.328. The number of halogens is 2. The maximum atomic E-state index is 13.8. The lowest BCUT2D eigenvalue weighted by Gasteiger charge is -2.16. The predicted molar refractivity (Wildman–Crippen MR) is 92.0 cm³/mol. The van der Waals surface area contributed by atoms with Gasteiger partial charge in [-0.05, 0) is 18.2 Å². The number of aliphatic hydroxyl groups excluding tert-OH is 3. The number of hydrogen-bond acceptors (Lipinski definition) is 8. The van der Waals surface area contributed by atoms with Gasteiger partial charge in [0.25, 0.3) is 0 Å². The third-order valence-corrected chi connectivity index (χ3v) is 4.60. The van der Waals surface area contributed by atoms with Crippen molar-refractivity contribution in [3.8, 4) is 0 Å². The highest BCUT2D eigenvalue weighted by atomic mass is 19.1. The van der Waals surface area contributed by atoms with Crippen molar-refractivity contribution in [1.29, 1.82) is 0 Å². The summed E-state index contributed by atoms with van der Waals surface area (Å²) in [5.74, 6) is -0.838. The molecular formula is C17H17F2N5O4. The summed E-state index contributed by atoms with van der Waals surface area (Å²) in [6.45, 7) is -0.487. The van der Waals surface area contributed by atoms with Crippen LogP contribution in [0.15, 0.2) is 30.9 Å². The first kappa shape index (κ1) is 18.6. The van der Waals surface area contributed by atoms with E-state index < -0.39 is 42.8 Å². The van der Waals surface area contributed by atoms with Gasteiger partial charge in [0.05, 0.1) is 12.9 Å². The maximum absolute atomic E-state index is 13.8. The summed E-state index contributed by atoms with van der Waals surface area (Å²) in [6, 6.07) is 3.15. The van der Waals surface area contributed by atoms with E-state index in [1.54, 1.807) is 0 Å². The molecule has 0 amide bonds. The fourth-order valence-electron chi connectivity index (χ4n) is 3.14. The van der Waals surface area contributed by atoms with Gasteiger partial charge in [-0.1, -0.05) is 0 Å². The maximum Gasteiger partial charge on any atom is 0.167 e. The first-order chi connectivity index (χ1) is 13.5. The number of imidazole rings is 1. The number of benzene rings is 1. The van der Waals surface area contributed by atoms with Crippen LogP contribution in [-0.4, -0.2) is 59.8 Å². The van der Waals surface area contributed by atoms with Crippen molar-refractivity contribution in [2.24, 2.45) is 0 Å². The van der Waals surface area contributed by atoms with E-state index in [1.165, 1.54) is 17.2 Å². The highest BCUT2D eigenvalue weighted by Crippen LogP contribution is 2.32. The van der Waals surface area contributed by atoms with Crippen molar-refractivity contribution in [3.05, 3.63) is 48.1 Å². The zero-order valence-corrected chi connectivity index (χ0v) is 14.4. The Labute approximate surface area is 157 Å². The van der Waals surface area contributed by atoms with Gasteiger partial charge in [0.1, 0.15) is 36.3 Å². The first-order valence-corrected chi connectivity index (χ1v) is 8.47. The molecule has 0 saturated carbocycles. The van der Waals surface area contributed by atoms with Crippen molar-refractivity contribution in [1.82, 2.24) is 19.5 Å². The summed E-state index contributed by atoms with van der Waals surface area (Å²) >= 11 is 0.